The van der Waals surface area contributed by atoms with E-state index in [2.05, 4.69) is 20.2 Å². The zero-order chi connectivity index (χ0) is 17.3. The number of hydrogen-bond donors (Lipinski definition) is 1. The summed E-state index contributed by atoms with van der Waals surface area (Å²) < 4.78 is 5.79. The SMILES string of the molecule is O=C(CCC1CCCCO1)N(Cc1cncnc1)C1CCCNCC1. The van der Waals surface area contributed by atoms with Crippen LogP contribution in [0.3, 0.4) is 0 Å². The number of amides is 1. The van der Waals surface area contributed by atoms with Gasteiger partial charge in [-0.05, 0) is 58.0 Å². The van der Waals surface area contributed by atoms with E-state index in [1.165, 1.54) is 12.7 Å². The molecule has 0 saturated carbocycles. The van der Waals surface area contributed by atoms with E-state index in [4.69, 9.17) is 4.74 Å². The summed E-state index contributed by atoms with van der Waals surface area (Å²) >= 11 is 0. The first-order valence-electron chi connectivity index (χ1n) is 9.68. The van der Waals surface area contributed by atoms with E-state index < -0.39 is 0 Å². The Hall–Kier alpha value is -1.53. The lowest BCUT2D eigenvalue weighted by molar-refractivity contribution is -0.135. The van der Waals surface area contributed by atoms with Gasteiger partial charge in [0.15, 0.2) is 0 Å². The van der Waals surface area contributed by atoms with Crippen LogP contribution in [0.25, 0.3) is 0 Å². The highest BCUT2D eigenvalue weighted by Crippen LogP contribution is 2.21. The van der Waals surface area contributed by atoms with E-state index in [9.17, 15) is 4.79 Å². The Balaban J connectivity index is 1.62. The van der Waals surface area contributed by atoms with Crippen molar-refractivity contribution in [2.45, 2.75) is 70.1 Å². The van der Waals surface area contributed by atoms with Crippen LogP contribution in [-0.2, 0) is 16.1 Å². The van der Waals surface area contributed by atoms with Crippen molar-refractivity contribution >= 4 is 5.91 Å². The predicted octanol–water partition coefficient (Wildman–Crippen LogP) is 2.30. The number of carbonyl (C=O) groups excluding carboxylic acids is 1. The van der Waals surface area contributed by atoms with Gasteiger partial charge in [0.25, 0.3) is 0 Å². The maximum atomic E-state index is 13.0. The summed E-state index contributed by atoms with van der Waals surface area (Å²) in [6, 6.07) is 0.301. The fourth-order valence-electron chi connectivity index (χ4n) is 3.80. The Morgan fingerprint density at radius 1 is 1.16 bits per heavy atom. The van der Waals surface area contributed by atoms with Gasteiger partial charge >= 0.3 is 0 Å². The molecule has 2 aliphatic heterocycles. The first kappa shape index (κ1) is 18.3. The Morgan fingerprint density at radius 3 is 2.84 bits per heavy atom. The van der Waals surface area contributed by atoms with Gasteiger partial charge in [-0.3, -0.25) is 4.79 Å². The van der Waals surface area contributed by atoms with Crippen LogP contribution in [0.5, 0.6) is 0 Å². The van der Waals surface area contributed by atoms with Crippen LogP contribution >= 0.6 is 0 Å². The van der Waals surface area contributed by atoms with Gasteiger partial charge in [0.2, 0.25) is 5.91 Å². The van der Waals surface area contributed by atoms with Crippen LogP contribution in [-0.4, -0.2) is 52.6 Å². The topological polar surface area (TPSA) is 67.3 Å². The van der Waals surface area contributed by atoms with Crippen LogP contribution in [0.15, 0.2) is 18.7 Å². The highest BCUT2D eigenvalue weighted by atomic mass is 16.5. The minimum Gasteiger partial charge on any atom is -0.378 e. The number of carbonyl (C=O) groups is 1. The second-order valence-electron chi connectivity index (χ2n) is 7.13. The van der Waals surface area contributed by atoms with Crippen LogP contribution < -0.4 is 5.32 Å². The molecule has 1 aromatic heterocycles. The zero-order valence-corrected chi connectivity index (χ0v) is 15.0. The fourth-order valence-corrected chi connectivity index (χ4v) is 3.80. The summed E-state index contributed by atoms with van der Waals surface area (Å²) in [4.78, 5) is 23.3. The number of aromatic nitrogens is 2. The van der Waals surface area contributed by atoms with Crippen molar-refractivity contribution in [3.8, 4) is 0 Å². The van der Waals surface area contributed by atoms with Gasteiger partial charge in [0, 0.05) is 43.6 Å². The lowest BCUT2D eigenvalue weighted by Gasteiger charge is -2.32. The number of rotatable bonds is 6. The van der Waals surface area contributed by atoms with Crippen LogP contribution in [0, 0.1) is 0 Å². The third-order valence-electron chi connectivity index (χ3n) is 5.23. The molecule has 6 nitrogen and oxygen atoms in total. The van der Waals surface area contributed by atoms with Crippen molar-refractivity contribution in [1.29, 1.82) is 0 Å². The van der Waals surface area contributed by atoms with Crippen molar-refractivity contribution in [3.63, 3.8) is 0 Å². The normalized spacial score (nSPS) is 24.5. The Morgan fingerprint density at radius 2 is 2.04 bits per heavy atom. The van der Waals surface area contributed by atoms with Crippen LogP contribution in [0.2, 0.25) is 0 Å². The molecular weight excluding hydrogens is 316 g/mol. The molecule has 2 atom stereocenters. The summed E-state index contributed by atoms with van der Waals surface area (Å²) in [7, 11) is 0. The minimum atomic E-state index is 0.241. The predicted molar refractivity (Wildman–Crippen MR) is 95.9 cm³/mol. The second-order valence-corrected chi connectivity index (χ2v) is 7.13. The standard InChI is InChI=1S/C19H30N4O2/c24-19(7-6-18-5-1-2-11-25-18)23(14-16-12-21-15-22-13-16)17-4-3-9-20-10-8-17/h12-13,15,17-18,20H,1-11,14H2. The van der Waals surface area contributed by atoms with Crippen molar-refractivity contribution in [3.05, 3.63) is 24.3 Å². The minimum absolute atomic E-state index is 0.241. The Bertz CT molecular complexity index is 511. The molecule has 0 bridgehead atoms. The molecular formula is C19H30N4O2. The molecule has 0 radical (unpaired) electrons. The van der Waals surface area contributed by atoms with Crippen molar-refractivity contribution in [1.82, 2.24) is 20.2 Å². The Labute approximate surface area is 150 Å². The smallest absolute Gasteiger partial charge is 0.223 e. The largest absolute Gasteiger partial charge is 0.378 e. The summed E-state index contributed by atoms with van der Waals surface area (Å²) in [6.45, 7) is 3.47. The van der Waals surface area contributed by atoms with Crippen molar-refractivity contribution in [2.75, 3.05) is 19.7 Å². The number of nitrogens with zero attached hydrogens (tertiary/aromatic N) is 3. The first-order chi connectivity index (χ1) is 12.3. The third-order valence-corrected chi connectivity index (χ3v) is 5.23. The maximum absolute atomic E-state index is 13.0. The Kier molecular flexibility index (Phi) is 7.18. The van der Waals surface area contributed by atoms with Gasteiger partial charge in [0.1, 0.15) is 6.33 Å². The molecule has 2 fully saturated rings. The highest BCUT2D eigenvalue weighted by molar-refractivity contribution is 5.76. The molecule has 0 aromatic carbocycles. The third kappa shape index (κ3) is 5.75. The van der Waals surface area contributed by atoms with Crippen molar-refractivity contribution < 1.29 is 9.53 Å². The molecule has 2 unspecified atom stereocenters. The number of hydrogen-bond acceptors (Lipinski definition) is 5. The molecule has 0 spiro atoms. The average molecular weight is 346 g/mol. The van der Waals surface area contributed by atoms with Crippen LogP contribution in [0.4, 0.5) is 0 Å². The van der Waals surface area contributed by atoms with Crippen LogP contribution in [0.1, 0.15) is 56.9 Å². The van der Waals surface area contributed by atoms with E-state index in [1.54, 1.807) is 0 Å². The quantitative estimate of drug-likeness (QED) is 0.856. The molecule has 1 N–H and O–H groups in total. The lowest BCUT2D eigenvalue weighted by Crippen LogP contribution is -2.40. The van der Waals surface area contributed by atoms with Gasteiger partial charge in [-0.25, -0.2) is 9.97 Å². The van der Waals surface area contributed by atoms with Gasteiger partial charge < -0.3 is 15.0 Å². The van der Waals surface area contributed by atoms with E-state index in [0.717, 1.165) is 63.8 Å². The van der Waals surface area contributed by atoms with Gasteiger partial charge in [-0.2, -0.15) is 0 Å². The van der Waals surface area contributed by atoms with Crippen molar-refractivity contribution in [2.24, 2.45) is 0 Å². The molecule has 0 aliphatic carbocycles. The molecule has 6 heteroatoms. The molecule has 3 rings (SSSR count). The number of nitrogens with one attached hydrogen (secondary N) is 1. The zero-order valence-electron chi connectivity index (χ0n) is 15.0. The molecule has 1 amide bonds. The van der Waals surface area contributed by atoms with E-state index in [-0.39, 0.29) is 12.0 Å². The molecule has 3 heterocycles. The number of ether oxygens (including phenoxy) is 1. The fraction of sp³-hybridized carbons (Fsp3) is 0.737. The molecule has 25 heavy (non-hydrogen) atoms. The second kappa shape index (κ2) is 9.82. The van der Waals surface area contributed by atoms with E-state index >= 15 is 0 Å². The molecule has 2 aliphatic rings. The highest BCUT2D eigenvalue weighted by Gasteiger charge is 2.26. The monoisotopic (exact) mass is 346 g/mol. The first-order valence-corrected chi connectivity index (χ1v) is 9.68. The summed E-state index contributed by atoms with van der Waals surface area (Å²) in [5, 5.41) is 3.44. The van der Waals surface area contributed by atoms with Gasteiger partial charge in [0.05, 0.1) is 6.10 Å². The lowest BCUT2D eigenvalue weighted by atomic mass is 10.0. The summed E-state index contributed by atoms with van der Waals surface area (Å²) in [5.41, 5.74) is 1.00. The molecule has 1 aromatic rings. The summed E-state index contributed by atoms with van der Waals surface area (Å²) in [5.74, 6) is 0.241. The van der Waals surface area contributed by atoms with Gasteiger partial charge in [-0.15, -0.1) is 0 Å². The summed E-state index contributed by atoms with van der Waals surface area (Å²) in [6.07, 6.45) is 13.5. The van der Waals surface area contributed by atoms with E-state index in [0.29, 0.717) is 19.0 Å². The molecule has 138 valence electrons. The van der Waals surface area contributed by atoms with Gasteiger partial charge in [-0.1, -0.05) is 0 Å². The maximum Gasteiger partial charge on any atom is 0.223 e. The van der Waals surface area contributed by atoms with E-state index in [1.807, 2.05) is 12.4 Å². The average Bonchev–Trinajstić information content (AvgIpc) is 2.95. The molecule has 2 saturated heterocycles.